The molecule has 0 spiro atoms. The number of sulfonamides is 1. The van der Waals surface area contributed by atoms with E-state index >= 15 is 0 Å². The zero-order valence-electron chi connectivity index (χ0n) is 14.1. The Morgan fingerprint density at radius 2 is 1.92 bits per heavy atom. The van der Waals surface area contributed by atoms with Crippen LogP contribution in [0.5, 0.6) is 0 Å². The first-order valence-electron chi connectivity index (χ1n) is 8.26. The number of hydrogen-bond donors (Lipinski definition) is 1. The Morgan fingerprint density at radius 3 is 2.52 bits per heavy atom. The van der Waals surface area contributed by atoms with E-state index in [1.54, 1.807) is 30.5 Å². The quantitative estimate of drug-likeness (QED) is 0.837. The molecule has 2 heterocycles. The molecule has 0 unspecified atom stereocenters. The van der Waals surface area contributed by atoms with Crippen LogP contribution in [-0.4, -0.2) is 36.7 Å². The van der Waals surface area contributed by atoms with Gasteiger partial charge in [-0.3, -0.25) is 4.79 Å². The lowest BCUT2D eigenvalue weighted by atomic mass is 10.1. The highest BCUT2D eigenvalue weighted by atomic mass is 32.2. The SMILES string of the molecule is Cc1cnc(NC(=O)CCc2ccc(S(=O)(=O)N3CCCC3)cc2)s1. The Morgan fingerprint density at radius 1 is 1.24 bits per heavy atom. The van der Waals surface area contributed by atoms with Crippen molar-refractivity contribution >= 4 is 32.4 Å². The van der Waals surface area contributed by atoms with Crippen molar-refractivity contribution in [2.24, 2.45) is 0 Å². The van der Waals surface area contributed by atoms with Crippen LogP contribution in [0.1, 0.15) is 29.7 Å². The Hall–Kier alpha value is -1.77. The minimum atomic E-state index is -3.38. The summed E-state index contributed by atoms with van der Waals surface area (Å²) in [6.07, 6.45) is 4.45. The molecular weight excluding hydrogens is 358 g/mol. The Kier molecular flexibility index (Phi) is 5.51. The molecule has 8 heteroatoms. The first-order valence-corrected chi connectivity index (χ1v) is 10.5. The van der Waals surface area contributed by atoms with Crippen LogP contribution in [0, 0.1) is 6.92 Å². The van der Waals surface area contributed by atoms with E-state index in [4.69, 9.17) is 0 Å². The third-order valence-electron chi connectivity index (χ3n) is 4.13. The lowest BCUT2D eigenvalue weighted by molar-refractivity contribution is -0.116. The number of aromatic nitrogens is 1. The molecule has 1 saturated heterocycles. The van der Waals surface area contributed by atoms with Gasteiger partial charge in [-0.1, -0.05) is 12.1 Å². The predicted molar refractivity (Wildman–Crippen MR) is 98.2 cm³/mol. The van der Waals surface area contributed by atoms with Gasteiger partial charge < -0.3 is 5.32 Å². The zero-order valence-corrected chi connectivity index (χ0v) is 15.7. The van der Waals surface area contributed by atoms with Gasteiger partial charge in [0, 0.05) is 30.6 Å². The van der Waals surface area contributed by atoms with Crippen molar-refractivity contribution < 1.29 is 13.2 Å². The molecule has 134 valence electrons. The lowest BCUT2D eigenvalue weighted by Gasteiger charge is -2.15. The van der Waals surface area contributed by atoms with Gasteiger partial charge in [-0.15, -0.1) is 11.3 Å². The molecule has 0 aliphatic carbocycles. The van der Waals surface area contributed by atoms with Crippen molar-refractivity contribution in [2.45, 2.75) is 37.5 Å². The van der Waals surface area contributed by atoms with E-state index < -0.39 is 10.0 Å². The standard InChI is InChI=1S/C17H21N3O3S2/c1-13-12-18-17(24-13)19-16(21)9-6-14-4-7-15(8-5-14)25(22,23)20-10-2-3-11-20/h4-5,7-8,12H,2-3,6,9-11H2,1H3,(H,18,19,21). The number of rotatable bonds is 6. The normalized spacial score (nSPS) is 15.4. The largest absolute Gasteiger partial charge is 0.302 e. The molecule has 6 nitrogen and oxygen atoms in total. The summed E-state index contributed by atoms with van der Waals surface area (Å²) in [6, 6.07) is 6.82. The Labute approximate surface area is 151 Å². The summed E-state index contributed by atoms with van der Waals surface area (Å²) in [4.78, 5) is 17.4. The fraction of sp³-hybridized carbons (Fsp3) is 0.412. The molecule has 1 aromatic heterocycles. The first-order chi connectivity index (χ1) is 11.9. The molecule has 0 bridgehead atoms. The lowest BCUT2D eigenvalue weighted by Crippen LogP contribution is -2.27. The summed E-state index contributed by atoms with van der Waals surface area (Å²) in [5.41, 5.74) is 0.936. The van der Waals surface area contributed by atoms with Gasteiger partial charge in [-0.2, -0.15) is 4.31 Å². The van der Waals surface area contributed by atoms with Gasteiger partial charge in [0.05, 0.1) is 4.90 Å². The van der Waals surface area contributed by atoms with Crippen LogP contribution in [0.25, 0.3) is 0 Å². The number of amides is 1. The second-order valence-electron chi connectivity index (χ2n) is 6.08. The zero-order chi connectivity index (χ0) is 17.9. The van der Waals surface area contributed by atoms with E-state index in [0.717, 1.165) is 23.3 Å². The van der Waals surface area contributed by atoms with Crippen LogP contribution in [0.2, 0.25) is 0 Å². The molecule has 1 fully saturated rings. The third kappa shape index (κ3) is 4.45. The van der Waals surface area contributed by atoms with Crippen LogP contribution in [0.4, 0.5) is 5.13 Å². The van der Waals surface area contributed by atoms with Crippen molar-refractivity contribution in [1.29, 1.82) is 0 Å². The van der Waals surface area contributed by atoms with Gasteiger partial charge in [0.2, 0.25) is 15.9 Å². The molecule has 1 aromatic carbocycles. The average molecular weight is 380 g/mol. The summed E-state index contributed by atoms with van der Waals surface area (Å²) in [6.45, 7) is 3.13. The van der Waals surface area contributed by atoms with Gasteiger partial charge in [0.15, 0.2) is 5.13 Å². The molecule has 25 heavy (non-hydrogen) atoms. The molecule has 1 aliphatic rings. The fourth-order valence-corrected chi connectivity index (χ4v) is 4.96. The highest BCUT2D eigenvalue weighted by Crippen LogP contribution is 2.21. The maximum Gasteiger partial charge on any atom is 0.243 e. The van der Waals surface area contributed by atoms with E-state index in [1.165, 1.54) is 15.6 Å². The molecule has 1 amide bonds. The first kappa shape index (κ1) is 18.0. The molecule has 1 aliphatic heterocycles. The monoisotopic (exact) mass is 379 g/mol. The number of thiazole rings is 1. The molecule has 2 aromatic rings. The van der Waals surface area contributed by atoms with Crippen LogP contribution in [-0.2, 0) is 21.2 Å². The highest BCUT2D eigenvalue weighted by Gasteiger charge is 2.26. The number of aryl methyl sites for hydroxylation is 2. The average Bonchev–Trinajstić information content (AvgIpc) is 3.26. The van der Waals surface area contributed by atoms with Crippen molar-refractivity contribution in [3.05, 3.63) is 40.9 Å². The van der Waals surface area contributed by atoms with E-state index in [0.29, 0.717) is 36.0 Å². The molecule has 0 saturated carbocycles. The fourth-order valence-electron chi connectivity index (χ4n) is 2.76. The summed E-state index contributed by atoms with van der Waals surface area (Å²) in [5, 5.41) is 3.38. The second kappa shape index (κ2) is 7.63. The van der Waals surface area contributed by atoms with Gasteiger partial charge in [0.1, 0.15) is 0 Å². The summed E-state index contributed by atoms with van der Waals surface area (Å²) in [7, 11) is -3.38. The van der Waals surface area contributed by atoms with Crippen molar-refractivity contribution in [3.63, 3.8) is 0 Å². The predicted octanol–water partition coefficient (Wildman–Crippen LogP) is 2.81. The Balaban J connectivity index is 1.56. The van der Waals surface area contributed by atoms with Gasteiger partial charge in [-0.05, 0) is 43.9 Å². The molecule has 3 rings (SSSR count). The topological polar surface area (TPSA) is 79.4 Å². The summed E-state index contributed by atoms with van der Waals surface area (Å²) >= 11 is 1.44. The molecule has 0 radical (unpaired) electrons. The number of nitrogens with one attached hydrogen (secondary N) is 1. The third-order valence-corrected chi connectivity index (χ3v) is 6.88. The van der Waals surface area contributed by atoms with Gasteiger partial charge in [-0.25, -0.2) is 13.4 Å². The number of benzene rings is 1. The summed E-state index contributed by atoms with van der Waals surface area (Å²) in [5.74, 6) is -0.0943. The molecular formula is C17H21N3O3S2. The summed E-state index contributed by atoms with van der Waals surface area (Å²) < 4.78 is 26.5. The van der Waals surface area contributed by atoms with Crippen LogP contribution in [0.3, 0.4) is 0 Å². The van der Waals surface area contributed by atoms with Crippen LogP contribution >= 0.6 is 11.3 Å². The number of hydrogen-bond acceptors (Lipinski definition) is 5. The van der Waals surface area contributed by atoms with E-state index in [1.807, 2.05) is 6.92 Å². The van der Waals surface area contributed by atoms with Gasteiger partial charge in [0.25, 0.3) is 0 Å². The van der Waals surface area contributed by atoms with Crippen LogP contribution < -0.4 is 5.32 Å². The highest BCUT2D eigenvalue weighted by molar-refractivity contribution is 7.89. The van der Waals surface area contributed by atoms with Crippen molar-refractivity contribution in [2.75, 3.05) is 18.4 Å². The molecule has 0 atom stereocenters. The van der Waals surface area contributed by atoms with E-state index in [2.05, 4.69) is 10.3 Å². The number of nitrogens with zero attached hydrogens (tertiary/aromatic N) is 2. The second-order valence-corrected chi connectivity index (χ2v) is 9.25. The van der Waals surface area contributed by atoms with Crippen LogP contribution in [0.15, 0.2) is 35.4 Å². The smallest absolute Gasteiger partial charge is 0.243 e. The van der Waals surface area contributed by atoms with Gasteiger partial charge >= 0.3 is 0 Å². The Bertz CT molecular complexity index is 838. The maximum atomic E-state index is 12.5. The number of anilines is 1. The minimum Gasteiger partial charge on any atom is -0.302 e. The number of carbonyl (C=O) groups excluding carboxylic acids is 1. The maximum absolute atomic E-state index is 12.5. The van der Waals surface area contributed by atoms with Crippen molar-refractivity contribution in [1.82, 2.24) is 9.29 Å². The number of carbonyl (C=O) groups is 1. The van der Waals surface area contributed by atoms with E-state index in [-0.39, 0.29) is 5.91 Å². The van der Waals surface area contributed by atoms with E-state index in [9.17, 15) is 13.2 Å². The minimum absolute atomic E-state index is 0.0943. The van der Waals surface area contributed by atoms with Crippen molar-refractivity contribution in [3.8, 4) is 0 Å². The molecule has 1 N–H and O–H groups in total.